The Morgan fingerprint density at radius 3 is 2.87 bits per heavy atom. The normalized spacial score (nSPS) is 15.4. The van der Waals surface area contributed by atoms with Crippen molar-refractivity contribution in [2.75, 3.05) is 22.3 Å². The van der Waals surface area contributed by atoms with Gasteiger partial charge < -0.3 is 5.73 Å². The van der Waals surface area contributed by atoms with Crippen molar-refractivity contribution in [3.63, 3.8) is 0 Å². The second-order valence-corrected chi connectivity index (χ2v) is 5.75. The summed E-state index contributed by atoms with van der Waals surface area (Å²) in [5, 5.41) is 0. The van der Waals surface area contributed by atoms with Crippen molar-refractivity contribution in [3.8, 4) is 0 Å². The zero-order valence-corrected chi connectivity index (χ0v) is 9.42. The van der Waals surface area contributed by atoms with E-state index in [0.29, 0.717) is 18.7 Å². The maximum atomic E-state index is 11.8. The molecule has 0 aliphatic carbocycles. The predicted octanol–water partition coefficient (Wildman–Crippen LogP) is 0.981. The number of anilines is 2. The summed E-state index contributed by atoms with van der Waals surface area (Å²) in [5.74, 6) is 0.126. The first kappa shape index (κ1) is 10.3. The van der Waals surface area contributed by atoms with E-state index in [1.54, 1.807) is 19.1 Å². The first-order valence-corrected chi connectivity index (χ1v) is 6.55. The van der Waals surface area contributed by atoms with Gasteiger partial charge in [0.15, 0.2) is 0 Å². The lowest BCUT2D eigenvalue weighted by molar-refractivity contribution is 0.593. The van der Waals surface area contributed by atoms with Crippen LogP contribution in [0.4, 0.5) is 11.4 Å². The zero-order chi connectivity index (χ0) is 11.1. The molecule has 82 valence electrons. The molecule has 0 fully saturated rings. The molecule has 5 heteroatoms. The summed E-state index contributed by atoms with van der Waals surface area (Å²) in [6, 6.07) is 5.41. The van der Waals surface area contributed by atoms with Crippen molar-refractivity contribution in [1.82, 2.24) is 0 Å². The van der Waals surface area contributed by atoms with Gasteiger partial charge in [0.25, 0.3) is 0 Å². The Hall–Kier alpha value is -1.23. The maximum Gasteiger partial charge on any atom is 0.234 e. The molecule has 1 aromatic rings. The number of rotatable bonds is 2. The Morgan fingerprint density at radius 2 is 2.20 bits per heavy atom. The number of nitrogens with two attached hydrogens (primary N) is 1. The van der Waals surface area contributed by atoms with Crippen LogP contribution >= 0.6 is 0 Å². The summed E-state index contributed by atoms with van der Waals surface area (Å²) >= 11 is 0. The average molecular weight is 226 g/mol. The molecule has 15 heavy (non-hydrogen) atoms. The van der Waals surface area contributed by atoms with Crippen molar-refractivity contribution in [2.45, 2.75) is 13.3 Å². The van der Waals surface area contributed by atoms with Gasteiger partial charge in [0, 0.05) is 17.8 Å². The minimum atomic E-state index is -3.15. The molecule has 4 nitrogen and oxygen atoms in total. The van der Waals surface area contributed by atoms with Crippen LogP contribution in [0.2, 0.25) is 0 Å². The fraction of sp³-hybridized carbons (Fsp3) is 0.400. The SMILES string of the molecule is CCS(=O)(=O)N1CCc2c(N)cccc21. The lowest BCUT2D eigenvalue weighted by Crippen LogP contribution is -2.30. The minimum Gasteiger partial charge on any atom is -0.398 e. The summed E-state index contributed by atoms with van der Waals surface area (Å²) in [5.41, 5.74) is 8.18. The molecule has 1 aliphatic heterocycles. The summed E-state index contributed by atoms with van der Waals surface area (Å²) in [6.07, 6.45) is 0.710. The first-order valence-electron chi connectivity index (χ1n) is 4.94. The van der Waals surface area contributed by atoms with E-state index in [9.17, 15) is 8.42 Å². The van der Waals surface area contributed by atoms with Crippen LogP contribution < -0.4 is 10.0 Å². The molecule has 0 aromatic heterocycles. The first-order chi connectivity index (χ1) is 7.06. The Bertz CT molecular complexity index is 482. The Kier molecular flexibility index (Phi) is 2.34. The van der Waals surface area contributed by atoms with E-state index in [2.05, 4.69) is 0 Å². The van der Waals surface area contributed by atoms with Gasteiger partial charge in [-0.2, -0.15) is 0 Å². The van der Waals surface area contributed by atoms with Crippen molar-refractivity contribution >= 4 is 21.4 Å². The molecule has 1 heterocycles. The molecule has 0 atom stereocenters. The van der Waals surface area contributed by atoms with Gasteiger partial charge >= 0.3 is 0 Å². The van der Waals surface area contributed by atoms with Crippen LogP contribution in [0, 0.1) is 0 Å². The predicted molar refractivity (Wildman–Crippen MR) is 61.4 cm³/mol. The molecule has 0 saturated carbocycles. The highest BCUT2D eigenvalue weighted by Gasteiger charge is 2.28. The summed E-state index contributed by atoms with van der Waals surface area (Å²) < 4.78 is 25.0. The van der Waals surface area contributed by atoms with E-state index in [1.165, 1.54) is 4.31 Å². The Morgan fingerprint density at radius 1 is 1.47 bits per heavy atom. The molecule has 0 radical (unpaired) electrons. The maximum absolute atomic E-state index is 11.8. The fourth-order valence-electron chi connectivity index (χ4n) is 1.88. The van der Waals surface area contributed by atoms with Gasteiger partial charge in [-0.1, -0.05) is 6.07 Å². The standard InChI is InChI=1S/C10H14N2O2S/c1-2-15(13,14)12-7-6-8-9(11)4-3-5-10(8)12/h3-5H,2,6-7,11H2,1H3. The molecule has 0 unspecified atom stereocenters. The zero-order valence-electron chi connectivity index (χ0n) is 8.60. The Labute approximate surface area is 89.7 Å². The lowest BCUT2D eigenvalue weighted by atomic mass is 10.1. The third-order valence-electron chi connectivity index (χ3n) is 2.72. The Balaban J connectivity index is 2.51. The number of sulfonamides is 1. The van der Waals surface area contributed by atoms with E-state index < -0.39 is 10.0 Å². The van der Waals surface area contributed by atoms with Crippen molar-refractivity contribution in [3.05, 3.63) is 23.8 Å². The van der Waals surface area contributed by atoms with E-state index in [1.807, 2.05) is 6.07 Å². The lowest BCUT2D eigenvalue weighted by Gasteiger charge is -2.18. The van der Waals surface area contributed by atoms with Gasteiger partial charge in [-0.05, 0) is 25.5 Å². The molecule has 2 N–H and O–H groups in total. The highest BCUT2D eigenvalue weighted by Crippen LogP contribution is 2.33. The van der Waals surface area contributed by atoms with Crippen molar-refractivity contribution < 1.29 is 8.42 Å². The van der Waals surface area contributed by atoms with Crippen LogP contribution in [0.5, 0.6) is 0 Å². The number of nitrogens with zero attached hydrogens (tertiary/aromatic N) is 1. The molecule has 0 amide bonds. The van der Waals surface area contributed by atoms with Crippen LogP contribution in [0.3, 0.4) is 0 Å². The average Bonchev–Trinajstić information content (AvgIpc) is 2.63. The fourth-order valence-corrected chi connectivity index (χ4v) is 3.03. The van der Waals surface area contributed by atoms with Gasteiger partial charge in [-0.25, -0.2) is 8.42 Å². The van der Waals surface area contributed by atoms with Gasteiger partial charge in [-0.15, -0.1) is 0 Å². The monoisotopic (exact) mass is 226 g/mol. The number of fused-ring (bicyclic) bond motifs is 1. The third-order valence-corrected chi connectivity index (χ3v) is 4.50. The molecule has 1 aliphatic rings. The van der Waals surface area contributed by atoms with Crippen molar-refractivity contribution in [1.29, 1.82) is 0 Å². The van der Waals surface area contributed by atoms with E-state index >= 15 is 0 Å². The number of nitrogen functional groups attached to an aromatic ring is 1. The van der Waals surface area contributed by atoms with Crippen LogP contribution in [-0.4, -0.2) is 20.7 Å². The molecule has 0 bridgehead atoms. The molecule has 0 spiro atoms. The smallest absolute Gasteiger partial charge is 0.234 e. The second-order valence-electron chi connectivity index (χ2n) is 3.57. The molecule has 2 rings (SSSR count). The van der Waals surface area contributed by atoms with Crippen LogP contribution in [0.15, 0.2) is 18.2 Å². The van der Waals surface area contributed by atoms with Crippen molar-refractivity contribution in [2.24, 2.45) is 0 Å². The van der Waals surface area contributed by atoms with Crippen LogP contribution in [0.25, 0.3) is 0 Å². The third kappa shape index (κ3) is 1.56. The van der Waals surface area contributed by atoms with Crippen LogP contribution in [0.1, 0.15) is 12.5 Å². The summed E-state index contributed by atoms with van der Waals surface area (Å²) in [4.78, 5) is 0. The van der Waals surface area contributed by atoms with Gasteiger partial charge in [0.2, 0.25) is 10.0 Å². The second kappa shape index (κ2) is 3.41. The topological polar surface area (TPSA) is 63.4 Å². The van der Waals surface area contributed by atoms with E-state index in [0.717, 1.165) is 11.3 Å². The molecular formula is C10H14N2O2S. The van der Waals surface area contributed by atoms with Crippen LogP contribution in [-0.2, 0) is 16.4 Å². The quantitative estimate of drug-likeness (QED) is 0.765. The molecular weight excluding hydrogens is 212 g/mol. The largest absolute Gasteiger partial charge is 0.398 e. The van der Waals surface area contributed by atoms with Gasteiger partial charge in [-0.3, -0.25) is 4.31 Å². The molecule has 1 aromatic carbocycles. The van der Waals surface area contributed by atoms with Gasteiger partial charge in [0.1, 0.15) is 0 Å². The van der Waals surface area contributed by atoms with E-state index in [-0.39, 0.29) is 5.75 Å². The summed E-state index contributed by atoms with van der Waals surface area (Å²) in [6.45, 7) is 2.17. The highest BCUT2D eigenvalue weighted by atomic mass is 32.2. The van der Waals surface area contributed by atoms with E-state index in [4.69, 9.17) is 5.73 Å². The highest BCUT2D eigenvalue weighted by molar-refractivity contribution is 7.92. The minimum absolute atomic E-state index is 0.126. The summed E-state index contributed by atoms with van der Waals surface area (Å²) in [7, 11) is -3.15. The number of hydrogen-bond donors (Lipinski definition) is 1. The van der Waals surface area contributed by atoms with Gasteiger partial charge in [0.05, 0.1) is 11.4 Å². The number of hydrogen-bond acceptors (Lipinski definition) is 3. The number of benzene rings is 1. The molecule has 0 saturated heterocycles.